The molecule has 0 aliphatic carbocycles. The Balaban J connectivity index is 1.72. The largest absolute Gasteiger partial charge is 0.497 e. The van der Waals surface area contributed by atoms with Gasteiger partial charge in [-0.2, -0.15) is 0 Å². The summed E-state index contributed by atoms with van der Waals surface area (Å²) in [5.74, 6) is 2.57. The third kappa shape index (κ3) is 3.86. The molecule has 0 spiro atoms. The summed E-state index contributed by atoms with van der Waals surface area (Å²) < 4.78 is 10.7. The Morgan fingerprint density at radius 3 is 2.74 bits per heavy atom. The number of methoxy groups -OCH3 is 2. The maximum atomic E-state index is 5.38. The molecular weight excluding hydrogens is 326 g/mol. The number of thioether (sulfide) groups is 1. The van der Waals surface area contributed by atoms with E-state index >= 15 is 0 Å². The second-order valence-electron chi connectivity index (χ2n) is 4.82. The van der Waals surface area contributed by atoms with Crippen LogP contribution in [0, 0.1) is 0 Å². The van der Waals surface area contributed by atoms with Gasteiger partial charge < -0.3 is 9.47 Å². The van der Waals surface area contributed by atoms with E-state index in [9.17, 15) is 0 Å². The number of benzene rings is 2. The smallest absolute Gasteiger partial charge is 0.132 e. The zero-order valence-electron chi connectivity index (χ0n) is 13.0. The van der Waals surface area contributed by atoms with Gasteiger partial charge in [0.2, 0.25) is 0 Å². The molecule has 3 aromatic rings. The van der Waals surface area contributed by atoms with E-state index in [4.69, 9.17) is 14.5 Å². The van der Waals surface area contributed by atoms with Crippen LogP contribution in [-0.4, -0.2) is 19.2 Å². The first-order chi connectivity index (χ1) is 11.3. The van der Waals surface area contributed by atoms with Gasteiger partial charge in [-0.1, -0.05) is 24.3 Å². The third-order valence-electron chi connectivity index (χ3n) is 3.31. The van der Waals surface area contributed by atoms with E-state index in [0.29, 0.717) is 0 Å². The van der Waals surface area contributed by atoms with Gasteiger partial charge in [0.05, 0.1) is 19.9 Å². The molecular formula is C18H17NO2S2. The van der Waals surface area contributed by atoms with Gasteiger partial charge in [-0.05, 0) is 24.3 Å². The molecule has 0 bridgehead atoms. The number of ether oxygens (including phenoxy) is 2. The lowest BCUT2D eigenvalue weighted by Crippen LogP contribution is -1.87. The SMILES string of the molecule is COc1cccc(-c2nc(CSc3ccccc3OC)cs2)c1. The van der Waals surface area contributed by atoms with Gasteiger partial charge in [0.25, 0.3) is 0 Å². The fraction of sp³-hybridized carbons (Fsp3) is 0.167. The van der Waals surface area contributed by atoms with Crippen LogP contribution in [0.15, 0.2) is 58.8 Å². The standard InChI is InChI=1S/C18H17NO2S2/c1-20-15-7-5-6-13(10-15)18-19-14(12-23-18)11-22-17-9-4-3-8-16(17)21-2/h3-10,12H,11H2,1-2H3. The Hall–Kier alpha value is -1.98. The number of aromatic nitrogens is 1. The summed E-state index contributed by atoms with van der Waals surface area (Å²) in [6.45, 7) is 0. The van der Waals surface area contributed by atoms with Crippen LogP contribution in [0.1, 0.15) is 5.69 Å². The highest BCUT2D eigenvalue weighted by atomic mass is 32.2. The first-order valence-electron chi connectivity index (χ1n) is 7.15. The van der Waals surface area contributed by atoms with Crippen molar-refractivity contribution < 1.29 is 9.47 Å². The molecule has 0 saturated heterocycles. The second kappa shape index (κ2) is 7.53. The lowest BCUT2D eigenvalue weighted by Gasteiger charge is -2.06. The van der Waals surface area contributed by atoms with Gasteiger partial charge in [0, 0.05) is 21.6 Å². The summed E-state index contributed by atoms with van der Waals surface area (Å²) >= 11 is 3.39. The van der Waals surface area contributed by atoms with Crippen molar-refractivity contribution in [3.8, 4) is 22.1 Å². The summed E-state index contributed by atoms with van der Waals surface area (Å²) in [6.07, 6.45) is 0. The average Bonchev–Trinajstić information content (AvgIpc) is 3.09. The second-order valence-corrected chi connectivity index (χ2v) is 6.69. The number of para-hydroxylation sites is 1. The van der Waals surface area contributed by atoms with Crippen molar-refractivity contribution in [3.63, 3.8) is 0 Å². The molecule has 0 amide bonds. The van der Waals surface area contributed by atoms with Crippen LogP contribution < -0.4 is 9.47 Å². The zero-order valence-corrected chi connectivity index (χ0v) is 14.6. The summed E-state index contributed by atoms with van der Waals surface area (Å²) in [6, 6.07) is 16.0. The summed E-state index contributed by atoms with van der Waals surface area (Å²) in [4.78, 5) is 5.86. The molecule has 0 N–H and O–H groups in total. The molecule has 2 aromatic carbocycles. The average molecular weight is 343 g/mol. The molecule has 0 saturated carbocycles. The molecule has 0 aliphatic heterocycles. The molecule has 1 heterocycles. The molecule has 1 aromatic heterocycles. The molecule has 0 fully saturated rings. The van der Waals surface area contributed by atoms with Crippen molar-refractivity contribution in [3.05, 3.63) is 59.6 Å². The molecule has 0 radical (unpaired) electrons. The van der Waals surface area contributed by atoms with E-state index in [0.717, 1.165) is 38.4 Å². The van der Waals surface area contributed by atoms with E-state index in [1.54, 1.807) is 37.3 Å². The maximum Gasteiger partial charge on any atom is 0.132 e. The van der Waals surface area contributed by atoms with Crippen LogP contribution in [0.3, 0.4) is 0 Å². The maximum absolute atomic E-state index is 5.38. The van der Waals surface area contributed by atoms with Crippen LogP contribution in [0.5, 0.6) is 11.5 Å². The number of nitrogens with zero attached hydrogens (tertiary/aromatic N) is 1. The Labute approximate surface area is 144 Å². The topological polar surface area (TPSA) is 31.4 Å². The first-order valence-corrected chi connectivity index (χ1v) is 9.01. The number of hydrogen-bond donors (Lipinski definition) is 0. The van der Waals surface area contributed by atoms with Gasteiger partial charge in [0.1, 0.15) is 16.5 Å². The molecule has 23 heavy (non-hydrogen) atoms. The predicted molar refractivity (Wildman–Crippen MR) is 96.7 cm³/mol. The summed E-state index contributed by atoms with van der Waals surface area (Å²) in [7, 11) is 3.37. The van der Waals surface area contributed by atoms with Crippen LogP contribution in [-0.2, 0) is 5.75 Å². The van der Waals surface area contributed by atoms with Crippen LogP contribution in [0.25, 0.3) is 10.6 Å². The first kappa shape index (κ1) is 15.9. The van der Waals surface area contributed by atoms with E-state index in [1.807, 2.05) is 36.4 Å². The van der Waals surface area contributed by atoms with Crippen LogP contribution in [0.4, 0.5) is 0 Å². The lowest BCUT2D eigenvalue weighted by atomic mass is 10.2. The van der Waals surface area contributed by atoms with E-state index in [2.05, 4.69) is 17.5 Å². The van der Waals surface area contributed by atoms with E-state index in [1.165, 1.54) is 0 Å². The van der Waals surface area contributed by atoms with Crippen molar-refractivity contribution in [1.29, 1.82) is 0 Å². The minimum atomic E-state index is 0.820. The lowest BCUT2D eigenvalue weighted by molar-refractivity contribution is 0.405. The van der Waals surface area contributed by atoms with Crippen LogP contribution >= 0.6 is 23.1 Å². The molecule has 0 unspecified atom stereocenters. The normalized spacial score (nSPS) is 10.5. The minimum absolute atomic E-state index is 0.820. The minimum Gasteiger partial charge on any atom is -0.497 e. The number of rotatable bonds is 6. The van der Waals surface area contributed by atoms with Crippen molar-refractivity contribution in [2.75, 3.05) is 14.2 Å². The van der Waals surface area contributed by atoms with Crippen molar-refractivity contribution in [2.24, 2.45) is 0 Å². The highest BCUT2D eigenvalue weighted by molar-refractivity contribution is 7.98. The summed E-state index contributed by atoms with van der Waals surface area (Å²) in [5, 5.41) is 3.12. The zero-order chi connectivity index (χ0) is 16.1. The fourth-order valence-electron chi connectivity index (χ4n) is 2.15. The molecule has 5 heteroatoms. The van der Waals surface area contributed by atoms with E-state index < -0.39 is 0 Å². The quantitative estimate of drug-likeness (QED) is 0.581. The number of thiazole rings is 1. The van der Waals surface area contributed by atoms with Crippen LogP contribution in [0.2, 0.25) is 0 Å². The Kier molecular flexibility index (Phi) is 5.20. The highest BCUT2D eigenvalue weighted by Crippen LogP contribution is 2.33. The number of hydrogen-bond acceptors (Lipinski definition) is 5. The molecule has 3 nitrogen and oxygen atoms in total. The summed E-state index contributed by atoms with van der Waals surface area (Å²) in [5.41, 5.74) is 2.16. The highest BCUT2D eigenvalue weighted by Gasteiger charge is 2.08. The van der Waals surface area contributed by atoms with Gasteiger partial charge in [-0.3, -0.25) is 0 Å². The van der Waals surface area contributed by atoms with Gasteiger partial charge >= 0.3 is 0 Å². The Morgan fingerprint density at radius 1 is 1.04 bits per heavy atom. The van der Waals surface area contributed by atoms with Gasteiger partial charge in [-0.15, -0.1) is 23.1 Å². The fourth-order valence-corrected chi connectivity index (χ4v) is 3.99. The van der Waals surface area contributed by atoms with E-state index in [-0.39, 0.29) is 0 Å². The predicted octanol–water partition coefficient (Wildman–Crippen LogP) is 5.12. The molecule has 118 valence electrons. The molecule has 0 atom stereocenters. The molecule has 0 aliphatic rings. The third-order valence-corrected chi connectivity index (χ3v) is 5.34. The van der Waals surface area contributed by atoms with Gasteiger partial charge in [0.15, 0.2) is 0 Å². The van der Waals surface area contributed by atoms with Crippen molar-refractivity contribution in [1.82, 2.24) is 4.98 Å². The molecule has 3 rings (SSSR count). The Morgan fingerprint density at radius 2 is 1.91 bits per heavy atom. The van der Waals surface area contributed by atoms with Crippen molar-refractivity contribution >= 4 is 23.1 Å². The monoisotopic (exact) mass is 343 g/mol. The Bertz CT molecular complexity index is 786. The van der Waals surface area contributed by atoms with Crippen molar-refractivity contribution in [2.45, 2.75) is 10.6 Å². The van der Waals surface area contributed by atoms with Gasteiger partial charge in [-0.25, -0.2) is 4.98 Å².